The molecule has 0 fully saturated rings. The van der Waals surface area contributed by atoms with Gasteiger partial charge in [0.05, 0.1) is 11.6 Å². The van der Waals surface area contributed by atoms with Crippen LogP contribution in [0.3, 0.4) is 0 Å². The Bertz CT molecular complexity index is 279. The molecule has 0 aliphatic heterocycles. The summed E-state index contributed by atoms with van der Waals surface area (Å²) in [7, 11) is 0. The Balaban J connectivity index is 2.16. The fourth-order valence-corrected chi connectivity index (χ4v) is 2.11. The lowest BCUT2D eigenvalue weighted by Gasteiger charge is -2.15. The summed E-state index contributed by atoms with van der Waals surface area (Å²) in [4.78, 5) is 5.28. The maximum atomic E-state index is 9.27. The average Bonchev–Trinajstić information content (AvgIpc) is 2.58. The van der Waals surface area contributed by atoms with Crippen LogP contribution in [-0.4, -0.2) is 16.2 Å². The van der Waals surface area contributed by atoms with Crippen LogP contribution in [0.5, 0.6) is 0 Å². The van der Waals surface area contributed by atoms with Gasteiger partial charge in [-0.3, -0.25) is 4.98 Å². The van der Waals surface area contributed by atoms with E-state index in [1.54, 1.807) is 11.3 Å². The quantitative estimate of drug-likeness (QED) is 0.719. The van der Waals surface area contributed by atoms with Gasteiger partial charge in [0.1, 0.15) is 0 Å². The van der Waals surface area contributed by atoms with Crippen LogP contribution in [0, 0.1) is 0 Å². The minimum atomic E-state index is -0.123. The van der Waals surface area contributed by atoms with E-state index in [1.807, 2.05) is 11.7 Å². The minimum Gasteiger partial charge on any atom is -0.393 e. The number of allylic oxidation sites excluding steroid dienone is 1. The number of aliphatic hydroxyl groups is 1. The molecule has 1 heterocycles. The monoisotopic (exact) mass is 181 g/mol. The Morgan fingerprint density at radius 3 is 3.08 bits per heavy atom. The van der Waals surface area contributed by atoms with E-state index in [0.717, 1.165) is 19.3 Å². The van der Waals surface area contributed by atoms with Crippen molar-refractivity contribution in [1.82, 2.24) is 4.98 Å². The third-order valence-electron chi connectivity index (χ3n) is 2.13. The zero-order chi connectivity index (χ0) is 8.39. The van der Waals surface area contributed by atoms with Crippen molar-refractivity contribution in [3.05, 3.63) is 22.7 Å². The van der Waals surface area contributed by atoms with Crippen LogP contribution in [0.25, 0.3) is 5.57 Å². The van der Waals surface area contributed by atoms with Crippen LogP contribution < -0.4 is 0 Å². The van der Waals surface area contributed by atoms with Gasteiger partial charge >= 0.3 is 0 Å². The summed E-state index contributed by atoms with van der Waals surface area (Å²) in [6.45, 7) is 0. The number of thiazole rings is 1. The van der Waals surface area contributed by atoms with Gasteiger partial charge in [0.2, 0.25) is 0 Å². The molecule has 0 saturated carbocycles. The second-order valence-electron chi connectivity index (χ2n) is 3.02. The number of aromatic nitrogens is 1. The molecule has 1 aliphatic rings. The number of hydrogen-bond acceptors (Lipinski definition) is 3. The van der Waals surface area contributed by atoms with Crippen molar-refractivity contribution in [2.24, 2.45) is 0 Å². The van der Waals surface area contributed by atoms with E-state index < -0.39 is 0 Å². The highest BCUT2D eigenvalue weighted by atomic mass is 32.1. The van der Waals surface area contributed by atoms with Gasteiger partial charge in [-0.15, -0.1) is 11.3 Å². The second-order valence-corrected chi connectivity index (χ2v) is 3.91. The second kappa shape index (κ2) is 3.37. The lowest BCUT2D eigenvalue weighted by Crippen LogP contribution is -2.09. The summed E-state index contributed by atoms with van der Waals surface area (Å²) in [6, 6.07) is 0. The largest absolute Gasteiger partial charge is 0.393 e. The van der Waals surface area contributed by atoms with Crippen LogP contribution in [0.4, 0.5) is 0 Å². The van der Waals surface area contributed by atoms with E-state index in [0.29, 0.717) is 0 Å². The van der Waals surface area contributed by atoms with Crippen LogP contribution in [0.2, 0.25) is 0 Å². The summed E-state index contributed by atoms with van der Waals surface area (Å²) in [5.74, 6) is 0. The third kappa shape index (κ3) is 1.57. The number of hydrogen-bond donors (Lipinski definition) is 1. The Morgan fingerprint density at radius 2 is 2.50 bits per heavy atom. The van der Waals surface area contributed by atoms with E-state index in [4.69, 9.17) is 0 Å². The predicted octanol–water partition coefficient (Wildman–Crippen LogP) is 2.07. The molecule has 12 heavy (non-hydrogen) atoms. The zero-order valence-electron chi connectivity index (χ0n) is 6.73. The van der Waals surface area contributed by atoms with E-state index in [-0.39, 0.29) is 6.10 Å². The standard InChI is InChI=1S/C9H11NOS/c11-8-3-1-7(2-4-8)9-5-10-6-12-9/h1,5-6,8,11H,2-4H2. The average molecular weight is 181 g/mol. The summed E-state index contributed by atoms with van der Waals surface area (Å²) in [5.41, 5.74) is 3.20. The summed E-state index contributed by atoms with van der Waals surface area (Å²) in [5, 5.41) is 9.27. The molecular formula is C9H11NOS. The molecule has 0 amide bonds. The van der Waals surface area contributed by atoms with Crippen molar-refractivity contribution < 1.29 is 5.11 Å². The van der Waals surface area contributed by atoms with E-state index in [1.165, 1.54) is 10.5 Å². The Hall–Kier alpha value is -0.670. The topological polar surface area (TPSA) is 33.1 Å². The SMILES string of the molecule is OC1CC=C(c2cncs2)CC1. The van der Waals surface area contributed by atoms with Crippen LogP contribution in [0.1, 0.15) is 24.1 Å². The lowest BCUT2D eigenvalue weighted by atomic mass is 9.97. The third-order valence-corrected chi connectivity index (χ3v) is 2.98. The molecule has 64 valence electrons. The van der Waals surface area contributed by atoms with Gasteiger partial charge in [-0.05, 0) is 24.8 Å². The van der Waals surface area contributed by atoms with Gasteiger partial charge < -0.3 is 5.11 Å². The first-order valence-electron chi connectivity index (χ1n) is 4.12. The van der Waals surface area contributed by atoms with Crippen molar-refractivity contribution in [3.63, 3.8) is 0 Å². The highest BCUT2D eigenvalue weighted by Gasteiger charge is 2.12. The number of rotatable bonds is 1. The van der Waals surface area contributed by atoms with Gasteiger partial charge in [-0.25, -0.2) is 0 Å². The molecule has 2 nitrogen and oxygen atoms in total. The molecular weight excluding hydrogens is 170 g/mol. The molecule has 0 aromatic carbocycles. The van der Waals surface area contributed by atoms with Gasteiger partial charge in [0, 0.05) is 11.1 Å². The highest BCUT2D eigenvalue weighted by Crippen LogP contribution is 2.28. The molecule has 1 unspecified atom stereocenters. The summed E-state index contributed by atoms with van der Waals surface area (Å²) < 4.78 is 0. The predicted molar refractivity (Wildman–Crippen MR) is 49.9 cm³/mol. The Morgan fingerprint density at radius 1 is 1.58 bits per heavy atom. The normalized spacial score (nSPS) is 23.8. The van der Waals surface area contributed by atoms with Gasteiger partial charge in [-0.1, -0.05) is 6.08 Å². The van der Waals surface area contributed by atoms with E-state index in [2.05, 4.69) is 11.1 Å². The smallest absolute Gasteiger partial charge is 0.0797 e. The first-order valence-corrected chi connectivity index (χ1v) is 5.00. The molecule has 1 aromatic heterocycles. The fraction of sp³-hybridized carbons (Fsp3) is 0.444. The van der Waals surface area contributed by atoms with Crippen LogP contribution in [0.15, 0.2) is 17.8 Å². The maximum absolute atomic E-state index is 9.27. The molecule has 0 bridgehead atoms. The lowest BCUT2D eigenvalue weighted by molar-refractivity contribution is 0.166. The van der Waals surface area contributed by atoms with E-state index >= 15 is 0 Å². The summed E-state index contributed by atoms with van der Waals surface area (Å²) >= 11 is 1.67. The molecule has 2 rings (SSSR count). The molecule has 0 saturated heterocycles. The van der Waals surface area contributed by atoms with Crippen molar-refractivity contribution in [3.8, 4) is 0 Å². The molecule has 1 N–H and O–H groups in total. The van der Waals surface area contributed by atoms with Crippen LogP contribution >= 0.6 is 11.3 Å². The molecule has 0 radical (unpaired) electrons. The zero-order valence-corrected chi connectivity index (χ0v) is 7.55. The molecule has 3 heteroatoms. The first kappa shape index (κ1) is 7.95. The number of nitrogens with zero attached hydrogens (tertiary/aromatic N) is 1. The van der Waals surface area contributed by atoms with Crippen molar-refractivity contribution in [1.29, 1.82) is 0 Å². The number of aliphatic hydroxyl groups excluding tert-OH is 1. The maximum Gasteiger partial charge on any atom is 0.0797 e. The van der Waals surface area contributed by atoms with Crippen molar-refractivity contribution in [2.75, 3.05) is 0 Å². The molecule has 1 aliphatic carbocycles. The van der Waals surface area contributed by atoms with Crippen molar-refractivity contribution in [2.45, 2.75) is 25.4 Å². The minimum absolute atomic E-state index is 0.123. The molecule has 1 aromatic rings. The molecule has 1 atom stereocenters. The fourth-order valence-electron chi connectivity index (χ4n) is 1.42. The summed E-state index contributed by atoms with van der Waals surface area (Å²) in [6.07, 6.45) is 6.58. The Labute approximate surface area is 75.6 Å². The van der Waals surface area contributed by atoms with Gasteiger partial charge in [-0.2, -0.15) is 0 Å². The molecule has 0 spiro atoms. The highest BCUT2D eigenvalue weighted by molar-refractivity contribution is 7.10. The Kier molecular flexibility index (Phi) is 2.23. The van der Waals surface area contributed by atoms with Crippen molar-refractivity contribution >= 4 is 16.9 Å². The van der Waals surface area contributed by atoms with Gasteiger partial charge in [0.15, 0.2) is 0 Å². The van der Waals surface area contributed by atoms with Crippen LogP contribution in [-0.2, 0) is 0 Å². The first-order chi connectivity index (χ1) is 5.86. The van der Waals surface area contributed by atoms with Gasteiger partial charge in [0.25, 0.3) is 0 Å². The van der Waals surface area contributed by atoms with E-state index in [9.17, 15) is 5.11 Å².